The fourth-order valence-corrected chi connectivity index (χ4v) is 2.82. The van der Waals surface area contributed by atoms with E-state index >= 15 is 0 Å². The summed E-state index contributed by atoms with van der Waals surface area (Å²) in [4.78, 5) is 0.514. The number of ether oxygens (including phenoxy) is 1. The SMILES string of the molecule is [CH2]c1ccc(S(=O)(=O)c2ccc(OC)cc2)cc1. The van der Waals surface area contributed by atoms with Crippen molar-refractivity contribution < 1.29 is 13.2 Å². The van der Waals surface area contributed by atoms with Gasteiger partial charge in [-0.1, -0.05) is 12.1 Å². The summed E-state index contributed by atoms with van der Waals surface area (Å²) in [7, 11) is -1.93. The van der Waals surface area contributed by atoms with Crippen molar-refractivity contribution in [3.05, 3.63) is 61.0 Å². The van der Waals surface area contributed by atoms with Crippen LogP contribution in [0.25, 0.3) is 0 Å². The molecule has 0 aliphatic heterocycles. The van der Waals surface area contributed by atoms with Crippen molar-refractivity contribution in [2.45, 2.75) is 9.79 Å². The zero-order chi connectivity index (χ0) is 13.2. The molecule has 0 atom stereocenters. The maximum atomic E-state index is 12.3. The lowest BCUT2D eigenvalue weighted by molar-refractivity contribution is 0.414. The maximum absolute atomic E-state index is 12.3. The third kappa shape index (κ3) is 2.38. The van der Waals surface area contributed by atoms with Gasteiger partial charge >= 0.3 is 0 Å². The Morgan fingerprint density at radius 3 is 1.78 bits per heavy atom. The van der Waals surface area contributed by atoms with E-state index < -0.39 is 9.84 Å². The third-order valence-corrected chi connectivity index (χ3v) is 4.39. The van der Waals surface area contributed by atoms with Crippen molar-refractivity contribution in [2.24, 2.45) is 0 Å². The summed E-state index contributed by atoms with van der Waals surface area (Å²) >= 11 is 0. The second-order valence-electron chi connectivity index (χ2n) is 3.82. The van der Waals surface area contributed by atoms with Crippen LogP contribution in [0.5, 0.6) is 5.75 Å². The molecule has 0 fully saturated rings. The van der Waals surface area contributed by atoms with Crippen molar-refractivity contribution in [1.29, 1.82) is 0 Å². The molecule has 2 rings (SSSR count). The Kier molecular flexibility index (Phi) is 3.39. The Morgan fingerprint density at radius 2 is 1.33 bits per heavy atom. The van der Waals surface area contributed by atoms with Gasteiger partial charge in [0, 0.05) is 0 Å². The van der Waals surface area contributed by atoms with E-state index in [2.05, 4.69) is 6.92 Å². The summed E-state index contributed by atoms with van der Waals surface area (Å²) in [5, 5.41) is 0. The second kappa shape index (κ2) is 4.82. The first-order valence-electron chi connectivity index (χ1n) is 5.35. The highest BCUT2D eigenvalue weighted by Gasteiger charge is 2.16. The van der Waals surface area contributed by atoms with Crippen LogP contribution in [0.4, 0.5) is 0 Å². The van der Waals surface area contributed by atoms with E-state index in [0.29, 0.717) is 5.75 Å². The largest absolute Gasteiger partial charge is 0.497 e. The number of sulfone groups is 1. The molecular formula is C14H13O3S. The number of hydrogen-bond acceptors (Lipinski definition) is 3. The van der Waals surface area contributed by atoms with Crippen LogP contribution in [0.3, 0.4) is 0 Å². The van der Waals surface area contributed by atoms with E-state index in [1.54, 1.807) is 36.4 Å². The molecule has 0 amide bonds. The number of rotatable bonds is 3. The lowest BCUT2D eigenvalue weighted by Gasteiger charge is -2.06. The molecule has 0 aliphatic carbocycles. The van der Waals surface area contributed by atoms with Gasteiger partial charge in [0.2, 0.25) is 9.84 Å². The predicted octanol–water partition coefficient (Wildman–Crippen LogP) is 2.71. The summed E-state index contributed by atoms with van der Waals surface area (Å²) in [5.74, 6) is 0.627. The first-order chi connectivity index (χ1) is 8.54. The highest BCUT2D eigenvalue weighted by Crippen LogP contribution is 2.23. The summed E-state index contributed by atoms with van der Waals surface area (Å²) in [6.45, 7) is 3.73. The Morgan fingerprint density at radius 1 is 0.889 bits per heavy atom. The lowest BCUT2D eigenvalue weighted by atomic mass is 10.2. The van der Waals surface area contributed by atoms with Crippen LogP contribution in [0.1, 0.15) is 5.56 Å². The molecule has 0 saturated carbocycles. The summed E-state index contributed by atoms with van der Waals surface area (Å²) in [5.41, 5.74) is 0.781. The van der Waals surface area contributed by atoms with Gasteiger partial charge in [-0.3, -0.25) is 0 Å². The van der Waals surface area contributed by atoms with Crippen LogP contribution >= 0.6 is 0 Å². The molecule has 93 valence electrons. The summed E-state index contributed by atoms with van der Waals surface area (Å²) in [6, 6.07) is 12.8. The molecule has 0 aromatic heterocycles. The molecule has 0 N–H and O–H groups in total. The topological polar surface area (TPSA) is 43.4 Å². The normalized spacial score (nSPS) is 11.2. The molecule has 0 aliphatic rings. The Hall–Kier alpha value is -1.81. The van der Waals surface area contributed by atoms with Crippen LogP contribution in [0.2, 0.25) is 0 Å². The highest BCUT2D eigenvalue weighted by molar-refractivity contribution is 7.91. The molecule has 0 unspecified atom stereocenters. The molecule has 0 saturated heterocycles. The summed E-state index contributed by atoms with van der Waals surface area (Å²) < 4.78 is 29.6. The second-order valence-corrected chi connectivity index (χ2v) is 5.77. The van der Waals surface area contributed by atoms with Crippen molar-refractivity contribution in [3.63, 3.8) is 0 Å². The van der Waals surface area contributed by atoms with Crippen molar-refractivity contribution in [2.75, 3.05) is 7.11 Å². The van der Waals surface area contributed by atoms with Gasteiger partial charge < -0.3 is 4.74 Å². The van der Waals surface area contributed by atoms with Crippen LogP contribution in [0.15, 0.2) is 58.3 Å². The van der Waals surface area contributed by atoms with Crippen LogP contribution in [-0.4, -0.2) is 15.5 Å². The minimum Gasteiger partial charge on any atom is -0.497 e. The molecule has 3 nitrogen and oxygen atoms in total. The Bertz CT molecular complexity index is 626. The molecule has 18 heavy (non-hydrogen) atoms. The first kappa shape index (κ1) is 12.6. The quantitative estimate of drug-likeness (QED) is 0.853. The average molecular weight is 261 g/mol. The molecule has 0 spiro atoms. The number of methoxy groups -OCH3 is 1. The van der Waals surface area contributed by atoms with Gasteiger partial charge in [0.1, 0.15) is 5.75 Å². The highest BCUT2D eigenvalue weighted by atomic mass is 32.2. The third-order valence-electron chi connectivity index (χ3n) is 2.60. The van der Waals surface area contributed by atoms with Gasteiger partial charge in [-0.05, 0) is 48.9 Å². The van der Waals surface area contributed by atoms with E-state index in [1.165, 1.54) is 19.2 Å². The van der Waals surface area contributed by atoms with Gasteiger partial charge in [-0.25, -0.2) is 8.42 Å². The van der Waals surface area contributed by atoms with Gasteiger partial charge in [-0.15, -0.1) is 0 Å². The fourth-order valence-electron chi connectivity index (χ4n) is 1.56. The lowest BCUT2D eigenvalue weighted by Crippen LogP contribution is -2.01. The fraction of sp³-hybridized carbons (Fsp3) is 0.0714. The van der Waals surface area contributed by atoms with Gasteiger partial charge in [0.05, 0.1) is 16.9 Å². The van der Waals surface area contributed by atoms with Gasteiger partial charge in [-0.2, -0.15) is 0 Å². The molecule has 2 aromatic carbocycles. The van der Waals surface area contributed by atoms with Gasteiger partial charge in [0.15, 0.2) is 0 Å². The Labute approximate surface area is 107 Å². The first-order valence-corrected chi connectivity index (χ1v) is 6.83. The molecule has 0 bridgehead atoms. The van der Waals surface area contributed by atoms with E-state index in [1.807, 2.05) is 0 Å². The van der Waals surface area contributed by atoms with E-state index in [-0.39, 0.29) is 9.79 Å². The van der Waals surface area contributed by atoms with Crippen LogP contribution < -0.4 is 4.74 Å². The molecule has 4 heteroatoms. The molecule has 1 radical (unpaired) electrons. The smallest absolute Gasteiger partial charge is 0.206 e. The summed E-state index contributed by atoms with van der Waals surface area (Å²) in [6.07, 6.45) is 0. The van der Waals surface area contributed by atoms with Crippen LogP contribution in [-0.2, 0) is 9.84 Å². The zero-order valence-electron chi connectivity index (χ0n) is 9.96. The number of hydrogen-bond donors (Lipinski definition) is 0. The van der Waals surface area contributed by atoms with Crippen LogP contribution in [0, 0.1) is 6.92 Å². The maximum Gasteiger partial charge on any atom is 0.206 e. The van der Waals surface area contributed by atoms with Gasteiger partial charge in [0.25, 0.3) is 0 Å². The van der Waals surface area contributed by atoms with E-state index in [9.17, 15) is 8.42 Å². The van der Waals surface area contributed by atoms with Crippen molar-refractivity contribution >= 4 is 9.84 Å². The Balaban J connectivity index is 2.44. The zero-order valence-corrected chi connectivity index (χ0v) is 10.8. The molecular weight excluding hydrogens is 248 g/mol. The predicted molar refractivity (Wildman–Crippen MR) is 69.3 cm³/mol. The minimum atomic E-state index is -3.46. The van der Waals surface area contributed by atoms with E-state index in [0.717, 1.165) is 5.56 Å². The average Bonchev–Trinajstić information content (AvgIpc) is 2.39. The van der Waals surface area contributed by atoms with Crippen molar-refractivity contribution in [3.8, 4) is 5.75 Å². The minimum absolute atomic E-state index is 0.250. The monoisotopic (exact) mass is 261 g/mol. The molecule has 0 heterocycles. The van der Waals surface area contributed by atoms with Crippen molar-refractivity contribution in [1.82, 2.24) is 0 Å². The van der Waals surface area contributed by atoms with E-state index in [4.69, 9.17) is 4.74 Å². The number of benzene rings is 2. The standard InChI is InChI=1S/C14H13O3S/c1-11-3-7-13(8-4-11)18(15,16)14-9-5-12(17-2)6-10-14/h3-10H,1H2,2H3. The molecule has 2 aromatic rings.